The van der Waals surface area contributed by atoms with Gasteiger partial charge in [0.05, 0.1) is 0 Å². The minimum atomic E-state index is -0.0146. The molecule has 0 N–H and O–H groups in total. The summed E-state index contributed by atoms with van der Waals surface area (Å²) in [5.74, 6) is -0.0270. The Kier molecular flexibility index (Phi) is 6.09. The van der Waals surface area contributed by atoms with Gasteiger partial charge in [-0.1, -0.05) is 34.9 Å². The summed E-state index contributed by atoms with van der Waals surface area (Å²) < 4.78 is 0. The summed E-state index contributed by atoms with van der Waals surface area (Å²) >= 11 is 0. The zero-order valence-corrected chi connectivity index (χ0v) is 14.4. The highest BCUT2D eigenvalue weighted by atomic mass is 16.1. The molecule has 3 aliphatic carbocycles. The van der Waals surface area contributed by atoms with Gasteiger partial charge in [0.15, 0.2) is 11.6 Å². The largest absolute Gasteiger partial charge is 0.290 e. The second-order valence-electron chi connectivity index (χ2n) is 6.68. The van der Waals surface area contributed by atoms with Crippen molar-refractivity contribution in [2.45, 2.75) is 59.3 Å². The molecule has 0 saturated carbocycles. The van der Waals surface area contributed by atoms with Gasteiger partial charge in [-0.3, -0.25) is 9.59 Å². The standard InChI is InChI=1S/C21H26O2/c1-15-6-4-8-16(2)10-11-18-13-21(23)19(14-20(18)22)12-17(3)9-5-7-15/h6,9-10,13-14H,4-5,7-8,11-12H2,1-3H3/b15-6+,16-10+,17-9-. The topological polar surface area (TPSA) is 34.1 Å². The molecule has 23 heavy (non-hydrogen) atoms. The Morgan fingerprint density at radius 1 is 0.696 bits per heavy atom. The molecule has 0 amide bonds. The van der Waals surface area contributed by atoms with Crippen LogP contribution < -0.4 is 0 Å². The van der Waals surface area contributed by atoms with E-state index < -0.39 is 0 Å². The summed E-state index contributed by atoms with van der Waals surface area (Å²) in [6.45, 7) is 6.31. The first kappa shape index (κ1) is 17.4. The SMILES string of the molecule is C/C1=C/CC/C(C)=C/CC/C(C)=C/CC2=CC(=O)C(=CC2=O)C1. The summed E-state index contributed by atoms with van der Waals surface area (Å²) in [5, 5.41) is 0. The van der Waals surface area contributed by atoms with Crippen molar-refractivity contribution in [2.75, 3.05) is 0 Å². The minimum absolute atomic E-state index is 0.0124. The molecule has 0 aromatic carbocycles. The lowest BCUT2D eigenvalue weighted by atomic mass is 9.90. The molecule has 0 fully saturated rings. The highest BCUT2D eigenvalue weighted by Gasteiger charge is 2.19. The molecule has 0 spiro atoms. The average molecular weight is 310 g/mol. The summed E-state index contributed by atoms with van der Waals surface area (Å²) in [6.07, 6.45) is 14.9. The molecule has 0 unspecified atom stereocenters. The van der Waals surface area contributed by atoms with Crippen molar-refractivity contribution in [3.63, 3.8) is 0 Å². The number of hydrogen-bond donors (Lipinski definition) is 0. The molecule has 0 atom stereocenters. The van der Waals surface area contributed by atoms with Gasteiger partial charge < -0.3 is 0 Å². The van der Waals surface area contributed by atoms with Crippen LogP contribution in [0.15, 0.2) is 58.2 Å². The maximum Gasteiger partial charge on any atom is 0.182 e. The molecule has 0 saturated heterocycles. The van der Waals surface area contributed by atoms with Gasteiger partial charge in [-0.25, -0.2) is 0 Å². The van der Waals surface area contributed by atoms with Gasteiger partial charge in [-0.2, -0.15) is 0 Å². The van der Waals surface area contributed by atoms with Crippen molar-refractivity contribution < 1.29 is 9.59 Å². The van der Waals surface area contributed by atoms with Crippen LogP contribution in [0.3, 0.4) is 0 Å². The van der Waals surface area contributed by atoms with Gasteiger partial charge in [0.25, 0.3) is 0 Å². The summed E-state index contributed by atoms with van der Waals surface area (Å²) in [7, 11) is 0. The lowest BCUT2D eigenvalue weighted by Crippen LogP contribution is -2.13. The third-order valence-corrected chi connectivity index (χ3v) is 4.45. The second kappa shape index (κ2) is 8.05. The zero-order valence-electron chi connectivity index (χ0n) is 14.4. The van der Waals surface area contributed by atoms with E-state index in [4.69, 9.17) is 0 Å². The highest BCUT2D eigenvalue weighted by molar-refractivity contribution is 6.20. The van der Waals surface area contributed by atoms with Crippen molar-refractivity contribution in [1.82, 2.24) is 0 Å². The molecular formula is C21H26O2. The fourth-order valence-corrected chi connectivity index (χ4v) is 2.90. The van der Waals surface area contributed by atoms with E-state index in [1.165, 1.54) is 23.3 Å². The van der Waals surface area contributed by atoms with Crippen LogP contribution in [-0.4, -0.2) is 11.6 Å². The van der Waals surface area contributed by atoms with E-state index in [9.17, 15) is 9.59 Å². The van der Waals surface area contributed by atoms with E-state index in [1.54, 1.807) is 0 Å². The van der Waals surface area contributed by atoms with Crippen LogP contribution in [0, 0.1) is 0 Å². The number of allylic oxidation sites excluding steroid dienone is 10. The van der Waals surface area contributed by atoms with Crippen LogP contribution in [0.4, 0.5) is 0 Å². The monoisotopic (exact) mass is 310 g/mol. The molecule has 0 aromatic rings. The molecule has 3 rings (SSSR count). The first-order valence-electron chi connectivity index (χ1n) is 8.42. The lowest BCUT2D eigenvalue weighted by molar-refractivity contribution is -0.115. The van der Waals surface area contributed by atoms with Crippen LogP contribution in [0.5, 0.6) is 0 Å². The Hall–Kier alpha value is -1.96. The Labute approximate surface area is 139 Å². The second-order valence-corrected chi connectivity index (χ2v) is 6.68. The Balaban J connectivity index is 2.25. The normalized spacial score (nSPS) is 28.0. The quantitative estimate of drug-likeness (QED) is 0.456. The Morgan fingerprint density at radius 3 is 1.91 bits per heavy atom. The zero-order chi connectivity index (χ0) is 16.8. The van der Waals surface area contributed by atoms with Gasteiger partial charge >= 0.3 is 0 Å². The Bertz CT molecular complexity index is 651. The summed E-state index contributed by atoms with van der Waals surface area (Å²) in [6, 6.07) is 0. The number of carbonyl (C=O) groups excluding carboxylic acids is 2. The predicted molar refractivity (Wildman–Crippen MR) is 95.2 cm³/mol. The maximum atomic E-state index is 12.2. The van der Waals surface area contributed by atoms with Crippen molar-refractivity contribution in [2.24, 2.45) is 0 Å². The number of fused-ring (bicyclic) bond motifs is 10. The van der Waals surface area contributed by atoms with Crippen molar-refractivity contribution in [3.8, 4) is 0 Å². The van der Waals surface area contributed by atoms with E-state index in [1.807, 2.05) is 6.92 Å². The first-order chi connectivity index (χ1) is 11.0. The fourth-order valence-electron chi connectivity index (χ4n) is 2.90. The molecule has 0 aromatic heterocycles. The van der Waals surface area contributed by atoms with E-state index in [0.717, 1.165) is 31.3 Å². The molecule has 122 valence electrons. The third kappa shape index (κ3) is 5.31. The van der Waals surface area contributed by atoms with Crippen LogP contribution in [0.2, 0.25) is 0 Å². The predicted octanol–water partition coefficient (Wildman–Crippen LogP) is 5.18. The van der Waals surface area contributed by atoms with Gasteiger partial charge in [-0.05, 0) is 71.4 Å². The number of carbonyl (C=O) groups is 2. The maximum absolute atomic E-state index is 12.2. The molecule has 2 bridgehead atoms. The highest BCUT2D eigenvalue weighted by Crippen LogP contribution is 2.22. The molecule has 0 radical (unpaired) electrons. The molecule has 2 nitrogen and oxygen atoms in total. The van der Waals surface area contributed by atoms with Gasteiger partial charge in [-0.15, -0.1) is 0 Å². The Morgan fingerprint density at radius 2 is 1.22 bits per heavy atom. The molecule has 2 heteroatoms. The van der Waals surface area contributed by atoms with E-state index in [0.29, 0.717) is 24.0 Å². The lowest BCUT2D eigenvalue weighted by Gasteiger charge is -2.12. The summed E-state index contributed by atoms with van der Waals surface area (Å²) in [5.41, 5.74) is 5.08. The van der Waals surface area contributed by atoms with Crippen LogP contribution >= 0.6 is 0 Å². The van der Waals surface area contributed by atoms with Crippen LogP contribution in [0.25, 0.3) is 0 Å². The van der Waals surface area contributed by atoms with Crippen LogP contribution in [-0.2, 0) is 9.59 Å². The average Bonchev–Trinajstić information content (AvgIpc) is 2.48. The molecule has 0 aliphatic heterocycles. The van der Waals surface area contributed by atoms with Crippen molar-refractivity contribution >= 4 is 11.6 Å². The molecule has 0 heterocycles. The summed E-state index contributed by atoms with van der Waals surface area (Å²) in [4.78, 5) is 24.5. The number of rotatable bonds is 0. The number of ketones is 2. The van der Waals surface area contributed by atoms with E-state index >= 15 is 0 Å². The molecular weight excluding hydrogens is 284 g/mol. The van der Waals surface area contributed by atoms with E-state index in [-0.39, 0.29) is 11.6 Å². The van der Waals surface area contributed by atoms with Crippen LogP contribution in [0.1, 0.15) is 59.3 Å². The van der Waals surface area contributed by atoms with Gasteiger partial charge in [0, 0.05) is 11.1 Å². The van der Waals surface area contributed by atoms with Gasteiger partial charge in [0.2, 0.25) is 0 Å². The van der Waals surface area contributed by atoms with Crippen molar-refractivity contribution in [1.29, 1.82) is 0 Å². The smallest absolute Gasteiger partial charge is 0.182 e. The number of hydrogen-bond acceptors (Lipinski definition) is 2. The minimum Gasteiger partial charge on any atom is -0.290 e. The van der Waals surface area contributed by atoms with Crippen molar-refractivity contribution in [3.05, 3.63) is 58.2 Å². The first-order valence-corrected chi connectivity index (χ1v) is 8.42. The fraction of sp³-hybridized carbons (Fsp3) is 0.429. The third-order valence-electron chi connectivity index (χ3n) is 4.45. The van der Waals surface area contributed by atoms with E-state index in [2.05, 4.69) is 32.1 Å². The molecule has 3 aliphatic rings. The van der Waals surface area contributed by atoms with Gasteiger partial charge in [0.1, 0.15) is 0 Å².